The number of amides is 1. The normalized spacial score (nSPS) is 29.2. The van der Waals surface area contributed by atoms with Crippen molar-refractivity contribution in [3.05, 3.63) is 11.6 Å². The minimum atomic E-state index is -0.405. The van der Waals surface area contributed by atoms with E-state index in [0.29, 0.717) is 6.04 Å². The molecule has 3 aliphatic rings. The summed E-state index contributed by atoms with van der Waals surface area (Å²) < 4.78 is 5.66. The Morgan fingerprint density at radius 1 is 1.13 bits per heavy atom. The second-order valence-corrected chi connectivity index (χ2v) is 8.78. The van der Waals surface area contributed by atoms with Crippen LogP contribution in [0.1, 0.15) is 85.0 Å². The predicted octanol–water partition coefficient (Wildman–Crippen LogP) is 5.45. The van der Waals surface area contributed by atoms with E-state index in [2.05, 4.69) is 6.08 Å². The number of hydrogen-bond acceptors (Lipinski definition) is 2. The molecule has 1 amide bonds. The first-order chi connectivity index (χ1) is 10.9. The van der Waals surface area contributed by atoms with Crippen LogP contribution in [0.2, 0.25) is 0 Å². The van der Waals surface area contributed by atoms with E-state index in [-0.39, 0.29) is 12.1 Å². The summed E-state index contributed by atoms with van der Waals surface area (Å²) in [5.74, 6) is 0.892. The minimum Gasteiger partial charge on any atom is -0.444 e. The molecule has 2 aliphatic heterocycles. The van der Waals surface area contributed by atoms with Crippen LogP contribution in [-0.2, 0) is 4.74 Å². The molecular weight excluding hydrogens is 286 g/mol. The van der Waals surface area contributed by atoms with Gasteiger partial charge in [-0.25, -0.2) is 4.79 Å². The van der Waals surface area contributed by atoms with Crippen molar-refractivity contribution >= 4 is 6.09 Å². The molecule has 0 N–H and O–H groups in total. The summed E-state index contributed by atoms with van der Waals surface area (Å²) in [5.41, 5.74) is 1.21. The molecule has 2 atom stereocenters. The molecule has 1 saturated carbocycles. The third kappa shape index (κ3) is 4.30. The monoisotopic (exact) mass is 319 g/mol. The molecule has 2 unspecified atom stereocenters. The SMILES string of the molecule is CC(C)(C)OC(=O)N1C2C=C(CC3CCCCC3)CC1CCC2. The summed E-state index contributed by atoms with van der Waals surface area (Å²) in [7, 11) is 0. The second-order valence-electron chi connectivity index (χ2n) is 8.78. The Labute approximate surface area is 141 Å². The highest BCUT2D eigenvalue weighted by Gasteiger charge is 2.39. The molecule has 0 radical (unpaired) electrons. The van der Waals surface area contributed by atoms with Crippen LogP contribution in [0.4, 0.5) is 4.79 Å². The lowest BCUT2D eigenvalue weighted by atomic mass is 9.79. The predicted molar refractivity (Wildman–Crippen MR) is 93.4 cm³/mol. The highest BCUT2D eigenvalue weighted by atomic mass is 16.6. The first kappa shape index (κ1) is 16.9. The summed E-state index contributed by atoms with van der Waals surface area (Å²) in [6, 6.07) is 0.642. The maximum Gasteiger partial charge on any atom is 0.411 e. The van der Waals surface area contributed by atoms with Crippen molar-refractivity contribution in [2.24, 2.45) is 5.92 Å². The fourth-order valence-electron chi connectivity index (χ4n) is 4.63. The average Bonchev–Trinajstić information content (AvgIpc) is 2.45. The number of hydrogen-bond donors (Lipinski definition) is 0. The quantitative estimate of drug-likeness (QED) is 0.634. The maximum atomic E-state index is 12.6. The van der Waals surface area contributed by atoms with Gasteiger partial charge in [-0.2, -0.15) is 0 Å². The zero-order chi connectivity index (χ0) is 16.4. The van der Waals surface area contributed by atoms with Gasteiger partial charge < -0.3 is 4.74 Å². The van der Waals surface area contributed by atoms with Gasteiger partial charge in [0.25, 0.3) is 0 Å². The van der Waals surface area contributed by atoms with Crippen LogP contribution >= 0.6 is 0 Å². The number of nitrogens with zero attached hydrogens (tertiary/aromatic N) is 1. The molecule has 3 nitrogen and oxygen atoms in total. The van der Waals surface area contributed by atoms with Gasteiger partial charge in [-0.3, -0.25) is 4.90 Å². The lowest BCUT2D eigenvalue weighted by molar-refractivity contribution is -0.00173. The van der Waals surface area contributed by atoms with Gasteiger partial charge in [-0.15, -0.1) is 0 Å². The molecule has 130 valence electrons. The van der Waals surface area contributed by atoms with Crippen molar-refractivity contribution in [2.75, 3.05) is 0 Å². The van der Waals surface area contributed by atoms with Crippen LogP contribution < -0.4 is 0 Å². The zero-order valence-corrected chi connectivity index (χ0v) is 15.1. The number of ether oxygens (including phenoxy) is 1. The fraction of sp³-hybridized carbons (Fsp3) is 0.850. The summed E-state index contributed by atoms with van der Waals surface area (Å²) in [6.07, 6.45) is 15.2. The van der Waals surface area contributed by atoms with Gasteiger partial charge >= 0.3 is 6.09 Å². The highest BCUT2D eigenvalue weighted by Crippen LogP contribution is 2.38. The van der Waals surface area contributed by atoms with Crippen molar-refractivity contribution in [1.29, 1.82) is 0 Å². The zero-order valence-electron chi connectivity index (χ0n) is 15.1. The topological polar surface area (TPSA) is 29.5 Å². The Hall–Kier alpha value is -0.990. The Balaban J connectivity index is 1.67. The summed E-state index contributed by atoms with van der Waals surface area (Å²) in [5, 5.41) is 0. The Bertz CT molecular complexity index is 457. The standard InChI is InChI=1S/C20H33NO2/c1-20(2,3)23-19(22)21-17-10-7-11-18(21)14-16(13-17)12-15-8-5-4-6-9-15/h13,15,17-18H,4-12,14H2,1-3H3. The Morgan fingerprint density at radius 2 is 1.87 bits per heavy atom. The molecule has 2 bridgehead atoms. The number of carbonyl (C=O) groups excluding carboxylic acids is 1. The van der Waals surface area contributed by atoms with E-state index in [9.17, 15) is 4.79 Å². The first-order valence-electron chi connectivity index (χ1n) is 9.63. The van der Waals surface area contributed by atoms with Crippen LogP contribution in [0.15, 0.2) is 11.6 Å². The van der Waals surface area contributed by atoms with Crippen LogP contribution in [0.25, 0.3) is 0 Å². The van der Waals surface area contributed by atoms with Crippen LogP contribution in [0.3, 0.4) is 0 Å². The van der Waals surface area contributed by atoms with Gasteiger partial charge in [-0.05, 0) is 58.8 Å². The number of rotatable bonds is 2. The first-order valence-corrected chi connectivity index (χ1v) is 9.63. The van der Waals surface area contributed by atoms with E-state index in [1.54, 1.807) is 5.57 Å². The van der Waals surface area contributed by atoms with Gasteiger partial charge in [0.15, 0.2) is 0 Å². The van der Waals surface area contributed by atoms with Crippen molar-refractivity contribution in [3.63, 3.8) is 0 Å². The van der Waals surface area contributed by atoms with Crippen LogP contribution in [0.5, 0.6) is 0 Å². The molecule has 1 saturated heterocycles. The summed E-state index contributed by atoms with van der Waals surface area (Å²) in [4.78, 5) is 14.6. The molecule has 2 fully saturated rings. The molecular formula is C20H33NO2. The summed E-state index contributed by atoms with van der Waals surface area (Å²) >= 11 is 0. The van der Waals surface area contributed by atoms with E-state index in [0.717, 1.165) is 25.2 Å². The molecule has 3 rings (SSSR count). The third-order valence-corrected chi connectivity index (χ3v) is 5.59. The van der Waals surface area contributed by atoms with Crippen molar-refractivity contribution in [2.45, 2.75) is 103 Å². The van der Waals surface area contributed by atoms with Crippen molar-refractivity contribution in [1.82, 2.24) is 4.90 Å². The van der Waals surface area contributed by atoms with E-state index in [4.69, 9.17) is 4.74 Å². The van der Waals surface area contributed by atoms with Crippen LogP contribution in [-0.4, -0.2) is 28.7 Å². The van der Waals surface area contributed by atoms with E-state index in [1.165, 1.54) is 44.9 Å². The lowest BCUT2D eigenvalue weighted by Crippen LogP contribution is -2.53. The number of fused-ring (bicyclic) bond motifs is 2. The largest absolute Gasteiger partial charge is 0.444 e. The maximum absolute atomic E-state index is 12.6. The van der Waals surface area contributed by atoms with E-state index in [1.807, 2.05) is 25.7 Å². The second kappa shape index (κ2) is 6.86. The fourth-order valence-corrected chi connectivity index (χ4v) is 4.63. The van der Waals surface area contributed by atoms with Gasteiger partial charge in [0.2, 0.25) is 0 Å². The molecule has 23 heavy (non-hydrogen) atoms. The van der Waals surface area contributed by atoms with Gasteiger partial charge in [-0.1, -0.05) is 43.8 Å². The van der Waals surface area contributed by atoms with Gasteiger partial charge in [0.1, 0.15) is 5.60 Å². The smallest absolute Gasteiger partial charge is 0.411 e. The highest BCUT2D eigenvalue weighted by molar-refractivity contribution is 5.70. The molecule has 0 aromatic carbocycles. The minimum absolute atomic E-state index is 0.111. The van der Waals surface area contributed by atoms with E-state index >= 15 is 0 Å². The van der Waals surface area contributed by atoms with Gasteiger partial charge in [0, 0.05) is 6.04 Å². The lowest BCUT2D eigenvalue weighted by Gasteiger charge is -2.45. The third-order valence-electron chi connectivity index (χ3n) is 5.59. The van der Waals surface area contributed by atoms with Crippen molar-refractivity contribution < 1.29 is 9.53 Å². The molecule has 2 heterocycles. The van der Waals surface area contributed by atoms with Crippen LogP contribution in [0, 0.1) is 5.92 Å². The molecule has 0 spiro atoms. The van der Waals surface area contributed by atoms with E-state index < -0.39 is 5.60 Å². The average molecular weight is 319 g/mol. The van der Waals surface area contributed by atoms with Gasteiger partial charge in [0.05, 0.1) is 6.04 Å². The number of carbonyl (C=O) groups is 1. The molecule has 0 aromatic rings. The number of piperidine rings is 1. The summed E-state index contributed by atoms with van der Waals surface area (Å²) in [6.45, 7) is 5.86. The Morgan fingerprint density at radius 3 is 2.52 bits per heavy atom. The molecule has 1 aliphatic carbocycles. The van der Waals surface area contributed by atoms with Crippen molar-refractivity contribution in [3.8, 4) is 0 Å². The Kier molecular flexibility index (Phi) is 5.03. The molecule has 0 aromatic heterocycles. The molecule has 3 heteroatoms.